The Morgan fingerprint density at radius 1 is 0.800 bits per heavy atom. The fraction of sp³-hybridized carbons (Fsp3) is 0.462. The van der Waals surface area contributed by atoms with Crippen molar-refractivity contribution in [1.82, 2.24) is 14.7 Å². The van der Waals surface area contributed by atoms with Crippen LogP contribution in [0.1, 0.15) is 24.0 Å². The number of carbonyl (C=O) groups is 2. The molecule has 35 heavy (non-hydrogen) atoms. The molecular weight excluding hydrogens is 450 g/mol. The number of methoxy groups -OCH3 is 4. The van der Waals surface area contributed by atoms with Crippen LogP contribution in [0.2, 0.25) is 0 Å². The summed E-state index contributed by atoms with van der Waals surface area (Å²) < 4.78 is 21.4. The zero-order valence-corrected chi connectivity index (χ0v) is 20.8. The van der Waals surface area contributed by atoms with Crippen LogP contribution < -0.4 is 14.2 Å². The monoisotopic (exact) mass is 483 g/mol. The van der Waals surface area contributed by atoms with E-state index in [0.29, 0.717) is 38.2 Å². The van der Waals surface area contributed by atoms with E-state index in [0.717, 1.165) is 22.6 Å². The summed E-state index contributed by atoms with van der Waals surface area (Å²) in [7, 11) is 6.40. The number of rotatable bonds is 9. The maximum absolute atomic E-state index is 13.7. The number of hydrogen-bond acceptors (Lipinski definition) is 7. The van der Waals surface area contributed by atoms with Crippen LogP contribution in [0.5, 0.6) is 17.2 Å². The lowest BCUT2D eigenvalue weighted by atomic mass is 9.86. The van der Waals surface area contributed by atoms with E-state index in [4.69, 9.17) is 18.9 Å². The smallest absolute Gasteiger partial charge is 0.329 e. The van der Waals surface area contributed by atoms with Crippen LogP contribution in [-0.4, -0.2) is 80.4 Å². The average molecular weight is 484 g/mol. The third-order valence-corrected chi connectivity index (χ3v) is 6.86. The molecule has 9 heteroatoms. The molecule has 2 aliphatic rings. The lowest BCUT2D eigenvalue weighted by molar-refractivity contribution is -0.137. The molecule has 0 aliphatic carbocycles. The molecule has 3 amide bonds. The minimum absolute atomic E-state index is 0.0757. The van der Waals surface area contributed by atoms with Crippen LogP contribution in [0.15, 0.2) is 42.5 Å². The lowest BCUT2D eigenvalue weighted by Gasteiger charge is -2.41. The van der Waals surface area contributed by atoms with Crippen molar-refractivity contribution in [2.75, 3.05) is 48.3 Å². The molecule has 0 atom stereocenters. The SMILES string of the molecule is COCN1C(=O)N(Cc2cccc(OC)c2)C(=O)C12CCN(Cc1cc(OC)cc(OC)c1)CC2. The number of amides is 3. The summed E-state index contributed by atoms with van der Waals surface area (Å²) in [5, 5.41) is 0. The fourth-order valence-corrected chi connectivity index (χ4v) is 4.96. The van der Waals surface area contributed by atoms with Gasteiger partial charge < -0.3 is 18.9 Å². The molecule has 0 aromatic heterocycles. The maximum Gasteiger partial charge on any atom is 0.329 e. The van der Waals surface area contributed by atoms with E-state index in [9.17, 15) is 9.59 Å². The first kappa shape index (κ1) is 24.8. The topological polar surface area (TPSA) is 80.8 Å². The summed E-state index contributed by atoms with van der Waals surface area (Å²) in [4.78, 5) is 32.3. The van der Waals surface area contributed by atoms with Crippen molar-refractivity contribution in [1.29, 1.82) is 0 Å². The van der Waals surface area contributed by atoms with Crippen molar-refractivity contribution in [3.8, 4) is 17.2 Å². The highest BCUT2D eigenvalue weighted by Crippen LogP contribution is 2.38. The number of piperidine rings is 1. The van der Waals surface area contributed by atoms with E-state index in [-0.39, 0.29) is 25.2 Å². The van der Waals surface area contributed by atoms with Gasteiger partial charge in [-0.2, -0.15) is 0 Å². The Morgan fingerprint density at radius 2 is 1.43 bits per heavy atom. The quantitative estimate of drug-likeness (QED) is 0.507. The summed E-state index contributed by atoms with van der Waals surface area (Å²) in [5.74, 6) is 2.00. The first-order valence-corrected chi connectivity index (χ1v) is 11.6. The zero-order valence-electron chi connectivity index (χ0n) is 20.8. The predicted octanol–water partition coefficient (Wildman–Crippen LogP) is 3.12. The Labute approximate surface area is 206 Å². The molecule has 4 rings (SSSR count). The van der Waals surface area contributed by atoms with Crippen LogP contribution >= 0.6 is 0 Å². The summed E-state index contributed by atoms with van der Waals surface area (Å²) in [6.45, 7) is 2.32. The number of urea groups is 1. The van der Waals surface area contributed by atoms with Gasteiger partial charge in [-0.3, -0.25) is 19.5 Å². The summed E-state index contributed by atoms with van der Waals surface area (Å²) in [5.41, 5.74) is 1.01. The fourth-order valence-electron chi connectivity index (χ4n) is 4.96. The Morgan fingerprint density at radius 3 is 2.03 bits per heavy atom. The largest absolute Gasteiger partial charge is 0.497 e. The second-order valence-corrected chi connectivity index (χ2v) is 8.90. The molecule has 2 aromatic rings. The van der Waals surface area contributed by atoms with Crippen LogP contribution in [0, 0.1) is 0 Å². The van der Waals surface area contributed by atoms with E-state index < -0.39 is 5.54 Å². The molecule has 2 saturated heterocycles. The first-order valence-electron chi connectivity index (χ1n) is 11.6. The molecule has 9 nitrogen and oxygen atoms in total. The summed E-state index contributed by atoms with van der Waals surface area (Å²) in [6, 6.07) is 12.9. The van der Waals surface area contributed by atoms with Crippen LogP contribution in [0.4, 0.5) is 4.79 Å². The number of likely N-dealkylation sites (tertiary alicyclic amines) is 1. The molecule has 2 aliphatic heterocycles. The predicted molar refractivity (Wildman–Crippen MR) is 129 cm³/mol. The second-order valence-electron chi connectivity index (χ2n) is 8.90. The number of carbonyl (C=O) groups excluding carboxylic acids is 2. The molecule has 2 fully saturated rings. The third-order valence-electron chi connectivity index (χ3n) is 6.86. The highest BCUT2D eigenvalue weighted by Gasteiger charge is 2.57. The number of hydrogen-bond donors (Lipinski definition) is 0. The Hall–Kier alpha value is -3.30. The Bertz CT molecular complexity index is 1040. The standard InChI is InChI=1S/C26H33N3O6/c1-32-18-29-25(31)28(17-19-6-5-7-21(12-19)33-2)24(30)26(29)8-10-27(11-9-26)16-20-13-22(34-3)15-23(14-20)35-4/h5-7,12-15H,8-11,16-18H2,1-4H3. The van der Waals surface area contributed by atoms with Gasteiger partial charge in [0.25, 0.3) is 5.91 Å². The van der Waals surface area contributed by atoms with Gasteiger partial charge in [-0.05, 0) is 48.2 Å². The molecule has 0 radical (unpaired) electrons. The van der Waals surface area contributed by atoms with Crippen molar-refractivity contribution in [3.05, 3.63) is 53.6 Å². The van der Waals surface area contributed by atoms with Gasteiger partial charge in [-0.1, -0.05) is 12.1 Å². The summed E-state index contributed by atoms with van der Waals surface area (Å²) in [6.07, 6.45) is 1.08. The van der Waals surface area contributed by atoms with Gasteiger partial charge >= 0.3 is 6.03 Å². The van der Waals surface area contributed by atoms with Gasteiger partial charge in [0.1, 0.15) is 29.5 Å². The number of nitrogens with zero attached hydrogens (tertiary/aromatic N) is 3. The first-order chi connectivity index (χ1) is 16.9. The lowest BCUT2D eigenvalue weighted by Crippen LogP contribution is -2.56. The van der Waals surface area contributed by atoms with Crippen molar-refractivity contribution in [2.45, 2.75) is 31.5 Å². The van der Waals surface area contributed by atoms with Gasteiger partial charge in [0.15, 0.2) is 0 Å². The Kier molecular flexibility index (Phi) is 7.47. The minimum atomic E-state index is -0.894. The zero-order chi connectivity index (χ0) is 25.0. The van der Waals surface area contributed by atoms with Crippen LogP contribution in [0.25, 0.3) is 0 Å². The number of benzene rings is 2. The van der Waals surface area contributed by atoms with Crippen molar-refractivity contribution < 1.29 is 28.5 Å². The van der Waals surface area contributed by atoms with E-state index in [1.165, 1.54) is 4.90 Å². The molecule has 0 unspecified atom stereocenters. The maximum atomic E-state index is 13.7. The molecule has 2 aromatic carbocycles. The van der Waals surface area contributed by atoms with E-state index in [1.54, 1.807) is 33.3 Å². The molecular formula is C26H33N3O6. The number of ether oxygens (including phenoxy) is 4. The van der Waals surface area contributed by atoms with E-state index in [2.05, 4.69) is 4.90 Å². The van der Waals surface area contributed by atoms with Gasteiger partial charge in [0, 0.05) is 32.8 Å². The molecule has 1 spiro atoms. The van der Waals surface area contributed by atoms with Crippen molar-refractivity contribution in [3.63, 3.8) is 0 Å². The molecule has 0 saturated carbocycles. The molecule has 2 heterocycles. The van der Waals surface area contributed by atoms with Gasteiger partial charge in [0.05, 0.1) is 27.9 Å². The van der Waals surface area contributed by atoms with Crippen LogP contribution in [-0.2, 0) is 22.6 Å². The highest BCUT2D eigenvalue weighted by molar-refractivity contribution is 6.07. The van der Waals surface area contributed by atoms with E-state index >= 15 is 0 Å². The summed E-state index contributed by atoms with van der Waals surface area (Å²) >= 11 is 0. The molecule has 0 bridgehead atoms. The third kappa shape index (κ3) is 4.92. The van der Waals surface area contributed by atoms with Crippen LogP contribution in [0.3, 0.4) is 0 Å². The van der Waals surface area contributed by atoms with Crippen molar-refractivity contribution >= 4 is 11.9 Å². The molecule has 0 N–H and O–H groups in total. The molecule has 188 valence electrons. The second kappa shape index (κ2) is 10.5. The highest BCUT2D eigenvalue weighted by atomic mass is 16.5. The van der Waals surface area contributed by atoms with Gasteiger partial charge in [-0.15, -0.1) is 0 Å². The minimum Gasteiger partial charge on any atom is -0.497 e. The van der Waals surface area contributed by atoms with Gasteiger partial charge in [-0.25, -0.2) is 4.79 Å². The van der Waals surface area contributed by atoms with Gasteiger partial charge in [0.2, 0.25) is 0 Å². The Balaban J connectivity index is 1.50. The normalized spacial score (nSPS) is 17.8. The van der Waals surface area contributed by atoms with E-state index in [1.807, 2.05) is 42.5 Å². The average Bonchev–Trinajstić information content (AvgIpc) is 3.07. The number of imide groups is 1. The van der Waals surface area contributed by atoms with Crippen molar-refractivity contribution in [2.24, 2.45) is 0 Å².